The van der Waals surface area contributed by atoms with Crippen molar-refractivity contribution in [2.45, 2.75) is 52.0 Å². The van der Waals surface area contributed by atoms with Crippen LogP contribution in [0.15, 0.2) is 18.3 Å². The molecular weight excluding hydrogens is 318 g/mol. The lowest BCUT2D eigenvalue weighted by atomic mass is 9.96. The van der Waals surface area contributed by atoms with Gasteiger partial charge in [-0.25, -0.2) is 9.67 Å². The average molecular weight is 343 g/mol. The number of rotatable bonds is 4. The maximum absolute atomic E-state index is 12.3. The second-order valence-corrected chi connectivity index (χ2v) is 7.41. The molecule has 1 fully saturated rings. The molecule has 8 heteroatoms. The van der Waals surface area contributed by atoms with Gasteiger partial charge in [-0.05, 0) is 41.8 Å². The third-order valence-corrected chi connectivity index (χ3v) is 4.21. The van der Waals surface area contributed by atoms with Gasteiger partial charge in [-0.1, -0.05) is 20.8 Å². The van der Waals surface area contributed by atoms with Crippen LogP contribution in [0.2, 0.25) is 0 Å². The summed E-state index contributed by atoms with van der Waals surface area (Å²) in [7, 11) is 0. The second-order valence-electron chi connectivity index (χ2n) is 7.41. The molecule has 0 aromatic carbocycles. The molecule has 0 bridgehead atoms. The Morgan fingerprint density at radius 1 is 1.20 bits per heavy atom. The standard InChI is InChI=1S/C17H25N7O/c1-17(2,3)16-20-21-22-24(16)12-15(25)19-13-7-8-14(18-11-13)23-9-5-4-6-10-23/h7-8,11H,4-6,9-10,12H2,1-3H3,(H,19,25). The molecule has 1 aliphatic rings. The van der Waals surface area contributed by atoms with Crippen LogP contribution in [-0.4, -0.2) is 44.2 Å². The van der Waals surface area contributed by atoms with E-state index in [9.17, 15) is 4.79 Å². The van der Waals surface area contributed by atoms with E-state index in [1.165, 1.54) is 23.9 Å². The first kappa shape index (κ1) is 17.3. The fourth-order valence-electron chi connectivity index (χ4n) is 2.95. The van der Waals surface area contributed by atoms with Crippen LogP contribution in [-0.2, 0) is 16.8 Å². The summed E-state index contributed by atoms with van der Waals surface area (Å²) in [6.07, 6.45) is 5.41. The van der Waals surface area contributed by atoms with E-state index in [1.807, 2.05) is 32.9 Å². The molecule has 3 heterocycles. The lowest BCUT2D eigenvalue weighted by molar-refractivity contribution is -0.117. The first-order valence-corrected chi connectivity index (χ1v) is 8.71. The van der Waals surface area contributed by atoms with Gasteiger partial charge in [0.1, 0.15) is 12.4 Å². The molecule has 0 radical (unpaired) electrons. The van der Waals surface area contributed by atoms with Crippen LogP contribution in [0.3, 0.4) is 0 Å². The van der Waals surface area contributed by atoms with E-state index in [2.05, 4.69) is 30.7 Å². The smallest absolute Gasteiger partial charge is 0.246 e. The lowest BCUT2D eigenvalue weighted by Crippen LogP contribution is -2.30. The quantitative estimate of drug-likeness (QED) is 0.913. The molecule has 1 aliphatic heterocycles. The minimum atomic E-state index is -0.221. The van der Waals surface area contributed by atoms with Gasteiger partial charge in [0.2, 0.25) is 5.91 Å². The summed E-state index contributed by atoms with van der Waals surface area (Å²) < 4.78 is 1.53. The van der Waals surface area contributed by atoms with Crippen molar-refractivity contribution >= 4 is 17.4 Å². The van der Waals surface area contributed by atoms with Crippen molar-refractivity contribution in [3.05, 3.63) is 24.2 Å². The monoisotopic (exact) mass is 343 g/mol. The molecule has 0 aliphatic carbocycles. The molecule has 8 nitrogen and oxygen atoms in total. The van der Waals surface area contributed by atoms with Crippen molar-refractivity contribution < 1.29 is 4.79 Å². The third-order valence-electron chi connectivity index (χ3n) is 4.21. The highest BCUT2D eigenvalue weighted by Crippen LogP contribution is 2.20. The van der Waals surface area contributed by atoms with Gasteiger partial charge in [0.25, 0.3) is 0 Å². The van der Waals surface area contributed by atoms with Gasteiger partial charge in [0.05, 0.1) is 11.9 Å². The van der Waals surface area contributed by atoms with E-state index in [4.69, 9.17) is 0 Å². The Hall–Kier alpha value is -2.51. The summed E-state index contributed by atoms with van der Waals surface area (Å²) in [6.45, 7) is 8.21. The highest BCUT2D eigenvalue weighted by molar-refractivity contribution is 5.90. The third kappa shape index (κ3) is 4.32. The molecule has 0 atom stereocenters. The van der Waals surface area contributed by atoms with Gasteiger partial charge in [0.15, 0.2) is 5.82 Å². The number of nitrogens with one attached hydrogen (secondary N) is 1. The zero-order chi connectivity index (χ0) is 17.9. The van der Waals surface area contributed by atoms with Crippen molar-refractivity contribution in [1.82, 2.24) is 25.2 Å². The number of carbonyl (C=O) groups is 1. The Labute approximate surface area is 147 Å². The van der Waals surface area contributed by atoms with Crippen LogP contribution in [0.4, 0.5) is 11.5 Å². The first-order chi connectivity index (χ1) is 11.9. The zero-order valence-electron chi connectivity index (χ0n) is 15.1. The molecule has 134 valence electrons. The van der Waals surface area contributed by atoms with Gasteiger partial charge < -0.3 is 10.2 Å². The Morgan fingerprint density at radius 3 is 2.60 bits per heavy atom. The fraction of sp³-hybridized carbons (Fsp3) is 0.588. The van der Waals surface area contributed by atoms with E-state index in [-0.39, 0.29) is 17.9 Å². The number of hydrogen-bond acceptors (Lipinski definition) is 6. The first-order valence-electron chi connectivity index (χ1n) is 8.71. The summed E-state index contributed by atoms with van der Waals surface area (Å²) in [5, 5.41) is 14.5. The molecule has 1 amide bonds. The van der Waals surface area contributed by atoms with E-state index in [1.54, 1.807) is 6.20 Å². The lowest BCUT2D eigenvalue weighted by Gasteiger charge is -2.27. The minimum absolute atomic E-state index is 0.0769. The van der Waals surface area contributed by atoms with E-state index >= 15 is 0 Å². The predicted molar refractivity (Wildman–Crippen MR) is 95.4 cm³/mol. The maximum Gasteiger partial charge on any atom is 0.246 e. The maximum atomic E-state index is 12.3. The minimum Gasteiger partial charge on any atom is -0.357 e. The van der Waals surface area contributed by atoms with Gasteiger partial charge in [-0.3, -0.25) is 4.79 Å². The molecule has 3 rings (SSSR count). The SMILES string of the molecule is CC(C)(C)c1nnnn1CC(=O)Nc1ccc(N2CCCCC2)nc1. The number of nitrogens with zero attached hydrogens (tertiary/aromatic N) is 6. The average Bonchev–Trinajstić information content (AvgIpc) is 3.04. The summed E-state index contributed by atoms with van der Waals surface area (Å²) in [5.41, 5.74) is 0.456. The highest BCUT2D eigenvalue weighted by atomic mass is 16.2. The highest BCUT2D eigenvalue weighted by Gasteiger charge is 2.23. The molecule has 1 saturated heterocycles. The largest absolute Gasteiger partial charge is 0.357 e. The molecule has 0 unspecified atom stereocenters. The van der Waals surface area contributed by atoms with Crippen LogP contribution in [0.1, 0.15) is 45.9 Å². The van der Waals surface area contributed by atoms with Crippen LogP contribution in [0.25, 0.3) is 0 Å². The zero-order valence-corrected chi connectivity index (χ0v) is 15.1. The number of tetrazole rings is 1. The van der Waals surface area contributed by atoms with E-state index < -0.39 is 0 Å². The van der Waals surface area contributed by atoms with Gasteiger partial charge >= 0.3 is 0 Å². The number of aromatic nitrogens is 5. The Bertz CT molecular complexity index is 711. The molecule has 0 saturated carbocycles. The predicted octanol–water partition coefficient (Wildman–Crippen LogP) is 1.99. The molecule has 1 N–H and O–H groups in total. The number of piperidine rings is 1. The van der Waals surface area contributed by atoms with Crippen molar-refractivity contribution in [2.24, 2.45) is 0 Å². The van der Waals surface area contributed by atoms with Gasteiger partial charge in [-0.2, -0.15) is 0 Å². The van der Waals surface area contributed by atoms with Crippen molar-refractivity contribution in [3.63, 3.8) is 0 Å². The van der Waals surface area contributed by atoms with Gasteiger partial charge in [0, 0.05) is 18.5 Å². The van der Waals surface area contributed by atoms with Crippen molar-refractivity contribution in [3.8, 4) is 0 Å². The topological polar surface area (TPSA) is 88.8 Å². The van der Waals surface area contributed by atoms with Crippen LogP contribution >= 0.6 is 0 Å². The van der Waals surface area contributed by atoms with Crippen LogP contribution in [0, 0.1) is 0 Å². The summed E-state index contributed by atoms with van der Waals surface area (Å²) >= 11 is 0. The van der Waals surface area contributed by atoms with Crippen LogP contribution in [0.5, 0.6) is 0 Å². The summed E-state index contributed by atoms with van der Waals surface area (Å²) in [6, 6.07) is 3.84. The molecule has 25 heavy (non-hydrogen) atoms. The number of carbonyl (C=O) groups excluding carboxylic acids is 1. The number of amides is 1. The fourth-order valence-corrected chi connectivity index (χ4v) is 2.95. The molecule has 2 aromatic heterocycles. The van der Waals surface area contributed by atoms with Crippen molar-refractivity contribution in [2.75, 3.05) is 23.3 Å². The summed E-state index contributed by atoms with van der Waals surface area (Å²) in [4.78, 5) is 19.0. The van der Waals surface area contributed by atoms with Crippen LogP contribution < -0.4 is 10.2 Å². The molecule has 0 spiro atoms. The number of hydrogen-bond donors (Lipinski definition) is 1. The van der Waals surface area contributed by atoms with E-state index in [0.717, 1.165) is 18.9 Å². The number of anilines is 2. The Balaban J connectivity index is 1.61. The molecular formula is C17H25N7O. The van der Waals surface area contributed by atoms with Crippen molar-refractivity contribution in [1.29, 1.82) is 0 Å². The number of pyridine rings is 1. The van der Waals surface area contributed by atoms with E-state index in [0.29, 0.717) is 11.5 Å². The Kier molecular flexibility index (Phi) is 4.96. The van der Waals surface area contributed by atoms with Gasteiger partial charge in [-0.15, -0.1) is 5.10 Å². The normalized spacial score (nSPS) is 15.2. The Morgan fingerprint density at radius 2 is 1.96 bits per heavy atom. The molecule has 2 aromatic rings. The summed E-state index contributed by atoms with van der Waals surface area (Å²) in [5.74, 6) is 1.47. The second kappa shape index (κ2) is 7.16.